The molecule has 0 spiro atoms. The summed E-state index contributed by atoms with van der Waals surface area (Å²) in [6.07, 6.45) is 0.888. The summed E-state index contributed by atoms with van der Waals surface area (Å²) >= 11 is 0. The van der Waals surface area contributed by atoms with Crippen LogP contribution in [-0.4, -0.2) is 29.3 Å². The summed E-state index contributed by atoms with van der Waals surface area (Å²) in [5.74, 6) is 1.01. The van der Waals surface area contributed by atoms with E-state index in [0.29, 0.717) is 18.2 Å². The maximum absolute atomic E-state index is 12.4. The Balaban J connectivity index is 2.06. The fourth-order valence-electron chi connectivity index (χ4n) is 2.86. The molecule has 0 bridgehead atoms. The van der Waals surface area contributed by atoms with Crippen molar-refractivity contribution in [3.63, 3.8) is 0 Å². The molecule has 0 amide bonds. The fourth-order valence-corrected chi connectivity index (χ4v) is 2.86. The van der Waals surface area contributed by atoms with E-state index in [1.807, 2.05) is 6.07 Å². The zero-order valence-electron chi connectivity index (χ0n) is 12.5. The highest BCUT2D eigenvalue weighted by Crippen LogP contribution is 2.28. The predicted octanol–water partition coefficient (Wildman–Crippen LogP) is 3.16. The molecule has 2 nitrogen and oxygen atoms in total. The van der Waals surface area contributed by atoms with Gasteiger partial charge in [0.25, 0.3) is 0 Å². The van der Waals surface area contributed by atoms with E-state index in [1.54, 1.807) is 0 Å². The van der Waals surface area contributed by atoms with Crippen molar-refractivity contribution >= 4 is 5.78 Å². The van der Waals surface area contributed by atoms with Crippen LogP contribution < -0.4 is 0 Å². The van der Waals surface area contributed by atoms with Gasteiger partial charge in [0.05, 0.1) is 6.54 Å². The molecule has 1 aromatic rings. The van der Waals surface area contributed by atoms with E-state index in [-0.39, 0.29) is 11.5 Å². The summed E-state index contributed by atoms with van der Waals surface area (Å²) in [6, 6.07) is 10.4. The van der Waals surface area contributed by atoms with Crippen molar-refractivity contribution in [3.8, 4) is 0 Å². The van der Waals surface area contributed by atoms with E-state index in [4.69, 9.17) is 0 Å². The standard InChI is InChI=1S/C17H25NO/c1-13-11-18(17(2,3)4)12-16(19)15(13)10-14-8-6-5-7-9-14/h5-9,13,15H,10-12H2,1-4H3. The predicted molar refractivity (Wildman–Crippen MR) is 79.1 cm³/mol. The summed E-state index contributed by atoms with van der Waals surface area (Å²) in [6.45, 7) is 10.4. The second-order valence-corrected chi connectivity index (χ2v) is 6.79. The smallest absolute Gasteiger partial charge is 0.150 e. The van der Waals surface area contributed by atoms with Gasteiger partial charge in [0.15, 0.2) is 5.78 Å². The third kappa shape index (κ3) is 3.44. The Hall–Kier alpha value is -1.15. The Morgan fingerprint density at radius 3 is 2.37 bits per heavy atom. The first-order valence-electron chi connectivity index (χ1n) is 7.19. The maximum Gasteiger partial charge on any atom is 0.150 e. The normalized spacial score (nSPS) is 25.6. The van der Waals surface area contributed by atoms with E-state index in [0.717, 1.165) is 13.0 Å². The molecule has 0 radical (unpaired) electrons. The van der Waals surface area contributed by atoms with Gasteiger partial charge in [-0.05, 0) is 38.7 Å². The molecule has 2 atom stereocenters. The maximum atomic E-state index is 12.4. The molecule has 1 aromatic carbocycles. The van der Waals surface area contributed by atoms with Crippen molar-refractivity contribution in [1.29, 1.82) is 0 Å². The van der Waals surface area contributed by atoms with Gasteiger partial charge in [-0.1, -0.05) is 37.3 Å². The molecule has 1 heterocycles. The molecule has 1 aliphatic heterocycles. The number of Topliss-reactive ketones (excluding diaryl/α,β-unsaturated/α-hetero) is 1. The Bertz CT molecular complexity index is 432. The highest BCUT2D eigenvalue weighted by molar-refractivity contribution is 5.84. The molecule has 0 N–H and O–H groups in total. The SMILES string of the molecule is CC1CN(C(C)(C)C)CC(=O)C1Cc1ccccc1. The van der Waals surface area contributed by atoms with Crippen LogP contribution in [0.25, 0.3) is 0 Å². The van der Waals surface area contributed by atoms with Gasteiger partial charge in [0.1, 0.15) is 0 Å². The second kappa shape index (κ2) is 5.46. The molecule has 19 heavy (non-hydrogen) atoms. The highest BCUT2D eigenvalue weighted by atomic mass is 16.1. The lowest BCUT2D eigenvalue weighted by molar-refractivity contribution is -0.131. The van der Waals surface area contributed by atoms with Gasteiger partial charge in [0.2, 0.25) is 0 Å². The summed E-state index contributed by atoms with van der Waals surface area (Å²) in [5.41, 5.74) is 1.36. The van der Waals surface area contributed by atoms with Crippen molar-refractivity contribution in [2.45, 2.75) is 39.7 Å². The van der Waals surface area contributed by atoms with Gasteiger partial charge in [0, 0.05) is 18.0 Å². The van der Waals surface area contributed by atoms with Gasteiger partial charge >= 0.3 is 0 Å². The van der Waals surface area contributed by atoms with Gasteiger partial charge in [-0.2, -0.15) is 0 Å². The number of piperidine rings is 1. The Morgan fingerprint density at radius 1 is 1.21 bits per heavy atom. The lowest BCUT2D eigenvalue weighted by atomic mass is 9.80. The average Bonchev–Trinajstić information content (AvgIpc) is 2.33. The summed E-state index contributed by atoms with van der Waals surface area (Å²) in [4.78, 5) is 14.7. The summed E-state index contributed by atoms with van der Waals surface area (Å²) in [5, 5.41) is 0. The Labute approximate surface area is 116 Å². The van der Waals surface area contributed by atoms with Crippen LogP contribution >= 0.6 is 0 Å². The minimum Gasteiger partial charge on any atom is -0.298 e. The summed E-state index contributed by atoms with van der Waals surface area (Å²) in [7, 11) is 0. The number of likely N-dealkylation sites (tertiary alicyclic amines) is 1. The Kier molecular flexibility index (Phi) is 4.10. The van der Waals surface area contributed by atoms with Gasteiger partial charge in [-0.3, -0.25) is 9.69 Å². The van der Waals surface area contributed by atoms with Crippen LogP contribution in [0.15, 0.2) is 30.3 Å². The first-order chi connectivity index (χ1) is 8.88. The molecule has 104 valence electrons. The van der Waals surface area contributed by atoms with E-state index in [1.165, 1.54) is 5.56 Å². The molecule has 0 aliphatic carbocycles. The van der Waals surface area contributed by atoms with E-state index >= 15 is 0 Å². The van der Waals surface area contributed by atoms with Crippen molar-refractivity contribution in [2.24, 2.45) is 11.8 Å². The molecule has 0 saturated carbocycles. The van der Waals surface area contributed by atoms with Crippen molar-refractivity contribution < 1.29 is 4.79 Å². The molecule has 2 rings (SSSR count). The van der Waals surface area contributed by atoms with Crippen LogP contribution in [0.5, 0.6) is 0 Å². The van der Waals surface area contributed by atoms with Crippen LogP contribution in [0.4, 0.5) is 0 Å². The number of carbonyl (C=O) groups excluding carboxylic acids is 1. The summed E-state index contributed by atoms with van der Waals surface area (Å²) < 4.78 is 0. The minimum absolute atomic E-state index is 0.0850. The molecule has 1 saturated heterocycles. The van der Waals surface area contributed by atoms with Crippen molar-refractivity contribution in [1.82, 2.24) is 4.90 Å². The fraction of sp³-hybridized carbons (Fsp3) is 0.588. The van der Waals surface area contributed by atoms with E-state index in [2.05, 4.69) is 56.9 Å². The number of nitrogens with zero attached hydrogens (tertiary/aromatic N) is 1. The van der Waals surface area contributed by atoms with Crippen LogP contribution in [0.1, 0.15) is 33.3 Å². The molecule has 2 unspecified atom stereocenters. The van der Waals surface area contributed by atoms with Gasteiger partial charge in [-0.25, -0.2) is 0 Å². The van der Waals surface area contributed by atoms with Gasteiger partial charge < -0.3 is 0 Å². The largest absolute Gasteiger partial charge is 0.298 e. The van der Waals surface area contributed by atoms with Crippen molar-refractivity contribution in [3.05, 3.63) is 35.9 Å². The zero-order valence-corrected chi connectivity index (χ0v) is 12.5. The first kappa shape index (κ1) is 14.3. The minimum atomic E-state index is 0.0850. The topological polar surface area (TPSA) is 20.3 Å². The lowest BCUT2D eigenvalue weighted by Gasteiger charge is -2.43. The number of ketones is 1. The number of rotatable bonds is 2. The third-order valence-electron chi connectivity index (χ3n) is 4.20. The van der Waals surface area contributed by atoms with E-state index in [9.17, 15) is 4.79 Å². The van der Waals surface area contributed by atoms with Gasteiger partial charge in [-0.15, -0.1) is 0 Å². The van der Waals surface area contributed by atoms with Crippen molar-refractivity contribution in [2.75, 3.05) is 13.1 Å². The molecule has 1 fully saturated rings. The number of benzene rings is 1. The second-order valence-electron chi connectivity index (χ2n) is 6.79. The van der Waals surface area contributed by atoms with Crippen LogP contribution in [0.3, 0.4) is 0 Å². The molecule has 1 aliphatic rings. The Morgan fingerprint density at radius 2 is 1.84 bits per heavy atom. The van der Waals surface area contributed by atoms with Crippen LogP contribution in [0, 0.1) is 11.8 Å². The van der Waals surface area contributed by atoms with Crippen LogP contribution in [-0.2, 0) is 11.2 Å². The lowest BCUT2D eigenvalue weighted by Crippen LogP contribution is -2.53. The monoisotopic (exact) mass is 259 g/mol. The molecule has 0 aromatic heterocycles. The molecular weight excluding hydrogens is 234 g/mol. The van der Waals surface area contributed by atoms with E-state index < -0.39 is 0 Å². The number of carbonyl (C=O) groups is 1. The zero-order chi connectivity index (χ0) is 14.0. The number of hydrogen-bond acceptors (Lipinski definition) is 2. The first-order valence-corrected chi connectivity index (χ1v) is 7.19. The molecular formula is C17H25NO. The van der Waals surface area contributed by atoms with Crippen LogP contribution in [0.2, 0.25) is 0 Å². The quantitative estimate of drug-likeness (QED) is 0.813. The number of hydrogen-bond donors (Lipinski definition) is 0. The third-order valence-corrected chi connectivity index (χ3v) is 4.20. The highest BCUT2D eigenvalue weighted by Gasteiger charge is 2.36. The molecule has 2 heteroatoms. The average molecular weight is 259 g/mol.